The molecule has 1 rings (SSSR count). The highest BCUT2D eigenvalue weighted by atomic mass is 16.6. The molecule has 0 aliphatic rings. The lowest BCUT2D eigenvalue weighted by Gasteiger charge is -2.11. The summed E-state index contributed by atoms with van der Waals surface area (Å²) in [6, 6.07) is 3.63. The van der Waals surface area contributed by atoms with Gasteiger partial charge < -0.3 is 14.7 Å². The summed E-state index contributed by atoms with van der Waals surface area (Å²) in [6.45, 7) is 2.30. The van der Waals surface area contributed by atoms with Crippen LogP contribution in [0, 0.1) is 6.92 Å². The van der Waals surface area contributed by atoms with Gasteiger partial charge in [0.2, 0.25) is 0 Å². The molecule has 0 radical (unpaired) electrons. The quantitative estimate of drug-likeness (QED) is 0.710. The number of ether oxygens (including phenoxy) is 1. The number of aryl methyl sites for hydroxylation is 1. The molecule has 3 N–H and O–H groups in total. The minimum atomic E-state index is 0.171. The van der Waals surface area contributed by atoms with E-state index in [-0.39, 0.29) is 5.75 Å². The molecule has 0 aliphatic carbocycles. The zero-order valence-electron chi connectivity index (χ0n) is 8.41. The fourth-order valence-corrected chi connectivity index (χ4v) is 1.36. The van der Waals surface area contributed by atoms with Gasteiger partial charge in [-0.3, -0.25) is 0 Å². The highest BCUT2D eigenvalue weighted by molar-refractivity contribution is 5.49. The molecule has 0 amide bonds. The van der Waals surface area contributed by atoms with Crippen LogP contribution in [0.25, 0.3) is 0 Å². The van der Waals surface area contributed by atoms with Crippen LogP contribution in [0.4, 0.5) is 0 Å². The van der Waals surface area contributed by atoms with Crippen molar-refractivity contribution in [1.82, 2.24) is 0 Å². The summed E-state index contributed by atoms with van der Waals surface area (Å²) in [6.07, 6.45) is 0.575. The van der Waals surface area contributed by atoms with Crippen LogP contribution < -0.4 is 10.6 Å². The Balaban J connectivity index is 2.99. The Bertz CT molecular complexity index is 312. The third kappa shape index (κ3) is 2.16. The molecule has 0 fully saturated rings. The number of phenolic OH excluding ortho intramolecular Hbond substituents is 1. The third-order valence-corrected chi connectivity index (χ3v) is 2.17. The molecule has 0 aliphatic heterocycles. The Morgan fingerprint density at radius 3 is 2.71 bits per heavy atom. The Morgan fingerprint density at radius 1 is 1.43 bits per heavy atom. The predicted molar refractivity (Wildman–Crippen MR) is 53.2 cm³/mol. The molecule has 14 heavy (non-hydrogen) atoms. The maximum atomic E-state index is 9.77. The van der Waals surface area contributed by atoms with Gasteiger partial charge in [-0.1, -0.05) is 6.07 Å². The van der Waals surface area contributed by atoms with Crippen molar-refractivity contribution in [3.05, 3.63) is 23.3 Å². The van der Waals surface area contributed by atoms with Crippen molar-refractivity contribution in [1.29, 1.82) is 0 Å². The van der Waals surface area contributed by atoms with Gasteiger partial charge in [0.15, 0.2) is 11.5 Å². The van der Waals surface area contributed by atoms with E-state index in [1.807, 2.05) is 13.0 Å². The van der Waals surface area contributed by atoms with Crippen LogP contribution in [0.15, 0.2) is 12.1 Å². The fourth-order valence-electron chi connectivity index (χ4n) is 1.36. The van der Waals surface area contributed by atoms with Gasteiger partial charge in [-0.15, -0.1) is 0 Å². The van der Waals surface area contributed by atoms with Crippen LogP contribution in [0.5, 0.6) is 11.5 Å². The minimum absolute atomic E-state index is 0.171. The second-order valence-electron chi connectivity index (χ2n) is 3.03. The van der Waals surface area contributed by atoms with Crippen molar-refractivity contribution in [3.63, 3.8) is 0 Å². The first-order chi connectivity index (χ1) is 6.70. The van der Waals surface area contributed by atoms with Gasteiger partial charge in [-0.25, -0.2) is 5.90 Å². The van der Waals surface area contributed by atoms with Crippen molar-refractivity contribution in [2.24, 2.45) is 5.90 Å². The van der Waals surface area contributed by atoms with Gasteiger partial charge in [0.1, 0.15) is 0 Å². The SMILES string of the molecule is COc1ccc(C)c(CCON)c1O. The van der Waals surface area contributed by atoms with Gasteiger partial charge in [0.05, 0.1) is 13.7 Å². The van der Waals surface area contributed by atoms with Crippen molar-refractivity contribution in [3.8, 4) is 11.5 Å². The summed E-state index contributed by atoms with van der Waals surface area (Å²) in [5.74, 6) is 5.58. The zero-order chi connectivity index (χ0) is 10.6. The van der Waals surface area contributed by atoms with Gasteiger partial charge in [0.25, 0.3) is 0 Å². The van der Waals surface area contributed by atoms with Gasteiger partial charge in [0, 0.05) is 12.0 Å². The third-order valence-electron chi connectivity index (χ3n) is 2.17. The number of aromatic hydroxyl groups is 1. The van der Waals surface area contributed by atoms with E-state index in [9.17, 15) is 5.11 Å². The molecule has 0 unspecified atom stereocenters. The van der Waals surface area contributed by atoms with E-state index in [4.69, 9.17) is 10.6 Å². The molecular formula is C10H15NO3. The maximum absolute atomic E-state index is 9.77. The lowest BCUT2D eigenvalue weighted by Crippen LogP contribution is -2.05. The number of rotatable bonds is 4. The van der Waals surface area contributed by atoms with Crippen LogP contribution >= 0.6 is 0 Å². The minimum Gasteiger partial charge on any atom is -0.504 e. The Morgan fingerprint density at radius 2 is 2.14 bits per heavy atom. The summed E-state index contributed by atoms with van der Waals surface area (Å²) in [5, 5.41) is 9.77. The van der Waals surface area contributed by atoms with Crippen LogP contribution in [-0.4, -0.2) is 18.8 Å². The first-order valence-corrected chi connectivity index (χ1v) is 4.37. The summed E-state index contributed by atoms with van der Waals surface area (Å²) in [5.41, 5.74) is 1.81. The summed E-state index contributed by atoms with van der Waals surface area (Å²) in [4.78, 5) is 4.48. The predicted octanol–water partition coefficient (Wildman–Crippen LogP) is 1.14. The average Bonchev–Trinajstić information content (AvgIpc) is 2.18. The van der Waals surface area contributed by atoms with E-state index >= 15 is 0 Å². The molecule has 1 aromatic carbocycles. The molecule has 0 aromatic heterocycles. The van der Waals surface area contributed by atoms with E-state index in [0.29, 0.717) is 18.8 Å². The van der Waals surface area contributed by atoms with Gasteiger partial charge in [-0.05, 0) is 18.6 Å². The highest BCUT2D eigenvalue weighted by Crippen LogP contribution is 2.32. The van der Waals surface area contributed by atoms with E-state index in [0.717, 1.165) is 11.1 Å². The topological polar surface area (TPSA) is 64.7 Å². The normalized spacial score (nSPS) is 10.2. The van der Waals surface area contributed by atoms with Crippen molar-refractivity contribution >= 4 is 0 Å². The van der Waals surface area contributed by atoms with Crippen LogP contribution in [0.3, 0.4) is 0 Å². The lowest BCUT2D eigenvalue weighted by atomic mass is 10.0. The van der Waals surface area contributed by atoms with Gasteiger partial charge >= 0.3 is 0 Å². The molecule has 0 spiro atoms. The van der Waals surface area contributed by atoms with E-state index in [1.54, 1.807) is 6.07 Å². The number of methoxy groups -OCH3 is 1. The molecule has 0 saturated heterocycles. The molecule has 0 atom stereocenters. The largest absolute Gasteiger partial charge is 0.504 e. The van der Waals surface area contributed by atoms with E-state index in [2.05, 4.69) is 4.84 Å². The summed E-state index contributed by atoms with van der Waals surface area (Å²) < 4.78 is 5.00. The maximum Gasteiger partial charge on any atom is 0.161 e. The summed E-state index contributed by atoms with van der Waals surface area (Å²) in [7, 11) is 1.52. The number of hydrogen-bond acceptors (Lipinski definition) is 4. The number of phenols is 1. The summed E-state index contributed by atoms with van der Waals surface area (Å²) >= 11 is 0. The number of hydrogen-bond donors (Lipinski definition) is 2. The molecule has 0 saturated carbocycles. The van der Waals surface area contributed by atoms with Crippen LogP contribution in [-0.2, 0) is 11.3 Å². The molecule has 78 valence electrons. The van der Waals surface area contributed by atoms with Crippen molar-refractivity contribution < 1.29 is 14.7 Å². The lowest BCUT2D eigenvalue weighted by molar-refractivity contribution is 0.140. The standard InChI is InChI=1S/C10H15NO3/c1-7-3-4-9(13-2)10(12)8(7)5-6-14-11/h3-4,12H,5-6,11H2,1-2H3. The number of benzene rings is 1. The van der Waals surface area contributed by atoms with Gasteiger partial charge in [-0.2, -0.15) is 0 Å². The average molecular weight is 197 g/mol. The van der Waals surface area contributed by atoms with Crippen LogP contribution in [0.2, 0.25) is 0 Å². The van der Waals surface area contributed by atoms with Crippen LogP contribution in [0.1, 0.15) is 11.1 Å². The Labute approximate surface area is 83.2 Å². The molecule has 0 heterocycles. The number of nitrogens with two attached hydrogens (primary N) is 1. The molecule has 1 aromatic rings. The van der Waals surface area contributed by atoms with E-state index < -0.39 is 0 Å². The smallest absolute Gasteiger partial charge is 0.161 e. The molecule has 4 nitrogen and oxygen atoms in total. The zero-order valence-corrected chi connectivity index (χ0v) is 8.41. The van der Waals surface area contributed by atoms with Crippen molar-refractivity contribution in [2.75, 3.05) is 13.7 Å². The van der Waals surface area contributed by atoms with E-state index in [1.165, 1.54) is 7.11 Å². The molecule has 0 bridgehead atoms. The monoisotopic (exact) mass is 197 g/mol. The first-order valence-electron chi connectivity index (χ1n) is 4.37. The first kappa shape index (κ1) is 10.8. The second-order valence-corrected chi connectivity index (χ2v) is 3.03. The second kappa shape index (κ2) is 4.83. The Hall–Kier alpha value is -1.26. The van der Waals surface area contributed by atoms with Crippen molar-refractivity contribution in [2.45, 2.75) is 13.3 Å². The molecular weight excluding hydrogens is 182 g/mol. The Kier molecular flexibility index (Phi) is 3.73. The highest BCUT2D eigenvalue weighted by Gasteiger charge is 2.10. The molecule has 4 heteroatoms. The fraction of sp³-hybridized carbons (Fsp3) is 0.400.